The average Bonchev–Trinajstić information content (AvgIpc) is 2.62. The van der Waals surface area contributed by atoms with E-state index in [1.54, 1.807) is 24.3 Å². The first kappa shape index (κ1) is 22.5. The second-order valence-corrected chi connectivity index (χ2v) is 8.40. The number of amides is 2. The van der Waals surface area contributed by atoms with Crippen LogP contribution in [-0.2, 0) is 24.3 Å². The zero-order valence-electron chi connectivity index (χ0n) is 15.4. The van der Waals surface area contributed by atoms with Crippen LogP contribution in [0, 0.1) is 0 Å². The number of hydrogen-bond acceptors (Lipinski definition) is 6. The van der Waals surface area contributed by atoms with Gasteiger partial charge in [0.2, 0.25) is 15.9 Å². The third-order valence-electron chi connectivity index (χ3n) is 3.61. The van der Waals surface area contributed by atoms with Gasteiger partial charge in [0.25, 0.3) is 5.91 Å². The highest BCUT2D eigenvalue weighted by Crippen LogP contribution is 2.22. The van der Waals surface area contributed by atoms with Gasteiger partial charge in [-0.1, -0.05) is 0 Å². The predicted octanol–water partition coefficient (Wildman–Crippen LogP) is 2.24. The van der Waals surface area contributed by atoms with Gasteiger partial charge >= 0.3 is 5.97 Å². The Morgan fingerprint density at radius 3 is 2.10 bits per heavy atom. The lowest BCUT2D eigenvalue weighted by atomic mass is 10.2. The molecule has 0 fully saturated rings. The molecule has 0 aromatic heterocycles. The van der Waals surface area contributed by atoms with E-state index < -0.39 is 28.0 Å². The molecular weight excluding hydrogens is 466 g/mol. The molecule has 0 aliphatic heterocycles. The van der Waals surface area contributed by atoms with Crippen molar-refractivity contribution in [3.63, 3.8) is 0 Å². The highest BCUT2D eigenvalue weighted by molar-refractivity contribution is 9.10. The molecular formula is C18H18BrN3O6S. The van der Waals surface area contributed by atoms with Gasteiger partial charge in [0.15, 0.2) is 6.10 Å². The Labute approximate surface area is 175 Å². The van der Waals surface area contributed by atoms with Crippen molar-refractivity contribution in [2.45, 2.75) is 24.8 Å². The SMILES string of the molecule is CC(=O)Nc1ccc(NC(=O)C(C)OC(=O)c2cc(S(N)(=O)=O)ccc2Br)cc1. The Morgan fingerprint density at radius 1 is 1.03 bits per heavy atom. The Kier molecular flexibility index (Phi) is 7.11. The molecule has 4 N–H and O–H groups in total. The molecule has 0 aliphatic carbocycles. The number of ether oxygens (including phenoxy) is 1. The number of hydrogen-bond donors (Lipinski definition) is 3. The lowest BCUT2D eigenvalue weighted by molar-refractivity contribution is -0.123. The second-order valence-electron chi connectivity index (χ2n) is 5.98. The van der Waals surface area contributed by atoms with Crippen molar-refractivity contribution in [2.24, 2.45) is 5.14 Å². The van der Waals surface area contributed by atoms with Crippen LogP contribution in [0.5, 0.6) is 0 Å². The summed E-state index contributed by atoms with van der Waals surface area (Å²) in [7, 11) is -4.01. The molecule has 29 heavy (non-hydrogen) atoms. The third kappa shape index (κ3) is 6.38. The van der Waals surface area contributed by atoms with Crippen LogP contribution < -0.4 is 15.8 Å². The fourth-order valence-electron chi connectivity index (χ4n) is 2.20. The number of halogens is 1. The number of nitrogens with one attached hydrogen (secondary N) is 2. The van der Waals surface area contributed by atoms with Crippen molar-refractivity contribution in [1.82, 2.24) is 0 Å². The van der Waals surface area contributed by atoms with E-state index in [9.17, 15) is 22.8 Å². The zero-order valence-corrected chi connectivity index (χ0v) is 17.8. The lowest BCUT2D eigenvalue weighted by Crippen LogP contribution is -2.30. The fourth-order valence-corrected chi connectivity index (χ4v) is 3.15. The summed E-state index contributed by atoms with van der Waals surface area (Å²) in [5.74, 6) is -1.71. The number of primary sulfonamides is 1. The van der Waals surface area contributed by atoms with Crippen molar-refractivity contribution >= 4 is 55.1 Å². The summed E-state index contributed by atoms with van der Waals surface area (Å²) in [4.78, 5) is 35.4. The molecule has 0 spiro atoms. The Bertz CT molecular complexity index is 1050. The van der Waals surface area contributed by atoms with E-state index in [2.05, 4.69) is 26.6 Å². The van der Waals surface area contributed by atoms with Gasteiger partial charge in [-0.05, 0) is 65.3 Å². The van der Waals surface area contributed by atoms with E-state index in [-0.39, 0.29) is 20.8 Å². The van der Waals surface area contributed by atoms with Gasteiger partial charge in [-0.15, -0.1) is 0 Å². The summed E-state index contributed by atoms with van der Waals surface area (Å²) in [6.45, 7) is 2.75. The smallest absolute Gasteiger partial charge is 0.340 e. The van der Waals surface area contributed by atoms with E-state index >= 15 is 0 Å². The van der Waals surface area contributed by atoms with E-state index in [4.69, 9.17) is 9.88 Å². The first-order chi connectivity index (χ1) is 13.5. The van der Waals surface area contributed by atoms with Crippen molar-refractivity contribution < 1.29 is 27.5 Å². The second kappa shape index (κ2) is 9.16. The first-order valence-electron chi connectivity index (χ1n) is 8.19. The molecule has 0 aliphatic rings. The molecule has 0 bridgehead atoms. The molecule has 0 saturated heterocycles. The molecule has 0 saturated carbocycles. The summed E-state index contributed by atoms with van der Waals surface area (Å²) in [6.07, 6.45) is -1.16. The molecule has 1 unspecified atom stereocenters. The van der Waals surface area contributed by atoms with Crippen LogP contribution in [0.3, 0.4) is 0 Å². The van der Waals surface area contributed by atoms with E-state index in [0.29, 0.717) is 11.4 Å². The van der Waals surface area contributed by atoms with Gasteiger partial charge in [0, 0.05) is 22.8 Å². The van der Waals surface area contributed by atoms with E-state index in [1.165, 1.54) is 26.0 Å². The number of anilines is 2. The molecule has 2 rings (SSSR count). The quantitative estimate of drug-likeness (QED) is 0.537. The Balaban J connectivity index is 2.06. The maximum Gasteiger partial charge on any atom is 0.340 e. The van der Waals surface area contributed by atoms with Crippen molar-refractivity contribution in [2.75, 3.05) is 10.6 Å². The normalized spacial score (nSPS) is 12.0. The summed E-state index contributed by atoms with van der Waals surface area (Å²) >= 11 is 3.14. The van der Waals surface area contributed by atoms with Gasteiger partial charge in [-0.25, -0.2) is 18.4 Å². The number of carbonyl (C=O) groups excluding carboxylic acids is 3. The molecule has 0 radical (unpaired) electrons. The molecule has 2 aromatic rings. The van der Waals surface area contributed by atoms with Gasteiger partial charge < -0.3 is 15.4 Å². The number of nitrogens with two attached hydrogens (primary N) is 1. The lowest BCUT2D eigenvalue weighted by Gasteiger charge is -2.15. The average molecular weight is 484 g/mol. The van der Waals surface area contributed by atoms with Gasteiger partial charge in [-0.2, -0.15) is 0 Å². The zero-order chi connectivity index (χ0) is 21.8. The van der Waals surface area contributed by atoms with Crippen molar-refractivity contribution in [3.8, 4) is 0 Å². The predicted molar refractivity (Wildman–Crippen MR) is 110 cm³/mol. The van der Waals surface area contributed by atoms with Crippen LogP contribution >= 0.6 is 15.9 Å². The van der Waals surface area contributed by atoms with Gasteiger partial charge in [-0.3, -0.25) is 9.59 Å². The number of sulfonamides is 1. The minimum Gasteiger partial charge on any atom is -0.449 e. The monoisotopic (exact) mass is 483 g/mol. The summed E-state index contributed by atoms with van der Waals surface area (Å²) in [5, 5.41) is 10.2. The molecule has 1 atom stereocenters. The summed E-state index contributed by atoms with van der Waals surface area (Å²) in [6, 6.07) is 9.99. The van der Waals surface area contributed by atoms with Crippen molar-refractivity contribution in [1.29, 1.82) is 0 Å². The van der Waals surface area contributed by atoms with Crippen LogP contribution in [0.2, 0.25) is 0 Å². The van der Waals surface area contributed by atoms with Crippen LogP contribution in [0.25, 0.3) is 0 Å². The third-order valence-corrected chi connectivity index (χ3v) is 5.21. The van der Waals surface area contributed by atoms with Gasteiger partial charge in [0.05, 0.1) is 10.5 Å². The molecule has 2 aromatic carbocycles. The maximum atomic E-state index is 12.4. The fraction of sp³-hybridized carbons (Fsp3) is 0.167. The first-order valence-corrected chi connectivity index (χ1v) is 10.5. The van der Waals surface area contributed by atoms with E-state index in [1.807, 2.05) is 0 Å². The van der Waals surface area contributed by atoms with Crippen LogP contribution in [0.1, 0.15) is 24.2 Å². The number of esters is 1. The molecule has 154 valence electrons. The van der Waals surface area contributed by atoms with Crippen LogP contribution in [0.15, 0.2) is 51.8 Å². The number of carbonyl (C=O) groups is 3. The molecule has 2 amide bonds. The topological polar surface area (TPSA) is 145 Å². The largest absolute Gasteiger partial charge is 0.449 e. The minimum absolute atomic E-state index is 0.0872. The van der Waals surface area contributed by atoms with Crippen LogP contribution in [0.4, 0.5) is 11.4 Å². The van der Waals surface area contributed by atoms with Crippen LogP contribution in [-0.4, -0.2) is 32.3 Å². The minimum atomic E-state index is -4.01. The highest BCUT2D eigenvalue weighted by atomic mass is 79.9. The van der Waals surface area contributed by atoms with Gasteiger partial charge in [0.1, 0.15) is 0 Å². The number of rotatable bonds is 6. The summed E-state index contributed by atoms with van der Waals surface area (Å²) < 4.78 is 28.3. The Morgan fingerprint density at radius 2 is 1.59 bits per heavy atom. The Hall–Kier alpha value is -2.76. The maximum absolute atomic E-state index is 12.4. The van der Waals surface area contributed by atoms with E-state index in [0.717, 1.165) is 6.07 Å². The number of benzene rings is 2. The standard InChI is InChI=1S/C18H18BrN3O6S/c1-10(17(24)22-13-5-3-12(4-6-13)21-11(2)23)28-18(25)15-9-14(29(20,26)27)7-8-16(15)19/h3-10H,1-2H3,(H,21,23)(H,22,24)(H2,20,26,27). The molecule has 9 nitrogen and oxygen atoms in total. The molecule has 0 heterocycles. The summed E-state index contributed by atoms with van der Waals surface area (Å²) in [5.41, 5.74) is 0.912. The molecule has 11 heteroatoms. The van der Waals surface area contributed by atoms with Crippen molar-refractivity contribution in [3.05, 3.63) is 52.5 Å². The highest BCUT2D eigenvalue weighted by Gasteiger charge is 2.22.